The van der Waals surface area contributed by atoms with Crippen molar-refractivity contribution in [3.63, 3.8) is 0 Å². The maximum atomic E-state index is 5.78. The molecular weight excluding hydrogens is 202 g/mol. The number of hydrogen-bond acceptors (Lipinski definition) is 2. The lowest BCUT2D eigenvalue weighted by molar-refractivity contribution is 1.14. The summed E-state index contributed by atoms with van der Waals surface area (Å²) in [5.41, 5.74) is 2.36. The molecule has 0 spiro atoms. The van der Waals surface area contributed by atoms with E-state index < -0.39 is 0 Å². The Balaban J connectivity index is 2.15. The van der Waals surface area contributed by atoms with Gasteiger partial charge in [-0.2, -0.15) is 4.37 Å². The molecule has 0 amide bonds. The SMILES string of the molecule is Clc1ccc(Cc2ccsn2)cc1. The van der Waals surface area contributed by atoms with Crippen molar-refractivity contribution in [2.45, 2.75) is 6.42 Å². The molecule has 0 fully saturated rings. The molecule has 66 valence electrons. The monoisotopic (exact) mass is 209 g/mol. The number of rotatable bonds is 2. The van der Waals surface area contributed by atoms with Crippen LogP contribution in [-0.2, 0) is 6.42 Å². The minimum Gasteiger partial charge on any atom is -0.197 e. The van der Waals surface area contributed by atoms with E-state index in [1.165, 1.54) is 17.1 Å². The Hall–Kier alpha value is -0.860. The third kappa shape index (κ3) is 2.29. The lowest BCUT2D eigenvalue weighted by Crippen LogP contribution is -1.86. The average Bonchev–Trinajstić information content (AvgIpc) is 2.62. The van der Waals surface area contributed by atoms with Gasteiger partial charge in [0.05, 0.1) is 5.69 Å². The Labute approximate surface area is 86.2 Å². The summed E-state index contributed by atoms with van der Waals surface area (Å²) in [5, 5.41) is 2.77. The molecule has 1 heterocycles. The van der Waals surface area contributed by atoms with Gasteiger partial charge in [-0.3, -0.25) is 0 Å². The maximum Gasteiger partial charge on any atom is 0.0585 e. The largest absolute Gasteiger partial charge is 0.197 e. The summed E-state index contributed by atoms with van der Waals surface area (Å²) < 4.78 is 4.24. The molecule has 2 rings (SSSR count). The Bertz CT molecular complexity index is 366. The van der Waals surface area contributed by atoms with Crippen molar-refractivity contribution in [1.29, 1.82) is 0 Å². The van der Waals surface area contributed by atoms with E-state index in [4.69, 9.17) is 11.6 Å². The average molecular weight is 210 g/mol. The molecule has 0 saturated heterocycles. The Morgan fingerprint density at radius 2 is 1.92 bits per heavy atom. The molecule has 0 atom stereocenters. The molecule has 0 aliphatic carbocycles. The summed E-state index contributed by atoms with van der Waals surface area (Å²) in [6, 6.07) is 9.91. The summed E-state index contributed by atoms with van der Waals surface area (Å²) >= 11 is 7.27. The standard InChI is InChI=1S/C10H8ClNS/c11-9-3-1-8(2-4-9)7-10-5-6-13-12-10/h1-6H,7H2. The first-order chi connectivity index (χ1) is 6.34. The van der Waals surface area contributed by atoms with Crippen LogP contribution in [0.5, 0.6) is 0 Å². The van der Waals surface area contributed by atoms with Crippen LogP contribution in [0.2, 0.25) is 5.02 Å². The summed E-state index contributed by atoms with van der Waals surface area (Å²) in [6.07, 6.45) is 0.890. The van der Waals surface area contributed by atoms with E-state index in [1.807, 2.05) is 35.7 Å². The van der Waals surface area contributed by atoms with E-state index in [0.29, 0.717) is 0 Å². The quantitative estimate of drug-likeness (QED) is 0.739. The van der Waals surface area contributed by atoms with E-state index in [-0.39, 0.29) is 0 Å². The zero-order chi connectivity index (χ0) is 9.10. The third-order valence-electron chi connectivity index (χ3n) is 1.79. The molecule has 0 unspecified atom stereocenters. The van der Waals surface area contributed by atoms with Crippen molar-refractivity contribution in [3.05, 3.63) is 52.0 Å². The number of aromatic nitrogens is 1. The fourth-order valence-corrected chi connectivity index (χ4v) is 1.81. The van der Waals surface area contributed by atoms with E-state index in [1.54, 1.807) is 0 Å². The molecule has 13 heavy (non-hydrogen) atoms. The number of halogens is 1. The zero-order valence-electron chi connectivity index (χ0n) is 6.90. The van der Waals surface area contributed by atoms with Crippen LogP contribution in [0, 0.1) is 0 Å². The summed E-state index contributed by atoms with van der Waals surface area (Å²) in [6.45, 7) is 0. The van der Waals surface area contributed by atoms with Gasteiger partial charge in [0.25, 0.3) is 0 Å². The van der Waals surface area contributed by atoms with Crippen molar-refractivity contribution < 1.29 is 0 Å². The van der Waals surface area contributed by atoms with Crippen molar-refractivity contribution in [3.8, 4) is 0 Å². The first-order valence-corrected chi connectivity index (χ1v) is 5.20. The highest BCUT2D eigenvalue weighted by Crippen LogP contribution is 2.13. The maximum absolute atomic E-state index is 5.78. The van der Waals surface area contributed by atoms with Gasteiger partial charge >= 0.3 is 0 Å². The molecule has 1 nitrogen and oxygen atoms in total. The highest BCUT2D eigenvalue weighted by Gasteiger charge is 1.97. The van der Waals surface area contributed by atoms with Crippen LogP contribution in [-0.4, -0.2) is 4.37 Å². The molecule has 0 aliphatic rings. The van der Waals surface area contributed by atoms with Crippen LogP contribution < -0.4 is 0 Å². The fourth-order valence-electron chi connectivity index (χ4n) is 1.14. The van der Waals surface area contributed by atoms with Gasteiger partial charge < -0.3 is 0 Å². The second-order valence-corrected chi connectivity index (χ2v) is 3.90. The van der Waals surface area contributed by atoms with Crippen molar-refractivity contribution >= 4 is 23.1 Å². The third-order valence-corrected chi connectivity index (χ3v) is 2.64. The van der Waals surface area contributed by atoms with E-state index in [2.05, 4.69) is 4.37 Å². The lowest BCUT2D eigenvalue weighted by atomic mass is 10.1. The Morgan fingerprint density at radius 3 is 2.54 bits per heavy atom. The summed E-state index contributed by atoms with van der Waals surface area (Å²) in [4.78, 5) is 0. The smallest absolute Gasteiger partial charge is 0.0585 e. The summed E-state index contributed by atoms with van der Waals surface area (Å²) in [5.74, 6) is 0. The lowest BCUT2D eigenvalue weighted by Gasteiger charge is -1.97. The van der Waals surface area contributed by atoms with Gasteiger partial charge in [-0.1, -0.05) is 23.7 Å². The van der Waals surface area contributed by atoms with Gasteiger partial charge in [0, 0.05) is 16.8 Å². The van der Waals surface area contributed by atoms with Gasteiger partial charge in [-0.25, -0.2) is 0 Å². The Kier molecular flexibility index (Phi) is 2.62. The van der Waals surface area contributed by atoms with E-state index in [0.717, 1.165) is 17.1 Å². The first-order valence-electron chi connectivity index (χ1n) is 3.98. The molecule has 1 aromatic heterocycles. The molecule has 0 saturated carbocycles. The molecule has 0 bridgehead atoms. The normalized spacial score (nSPS) is 10.2. The molecule has 2 aromatic rings. The molecule has 0 aliphatic heterocycles. The topological polar surface area (TPSA) is 12.9 Å². The van der Waals surface area contributed by atoms with Gasteiger partial charge in [0.15, 0.2) is 0 Å². The predicted molar refractivity (Wildman–Crippen MR) is 56.4 cm³/mol. The van der Waals surface area contributed by atoms with Crippen LogP contribution in [0.3, 0.4) is 0 Å². The van der Waals surface area contributed by atoms with Crippen molar-refractivity contribution in [2.24, 2.45) is 0 Å². The van der Waals surface area contributed by atoms with Crippen LogP contribution in [0.1, 0.15) is 11.3 Å². The molecule has 1 aromatic carbocycles. The minimum atomic E-state index is 0.780. The first kappa shape index (κ1) is 8.73. The van der Waals surface area contributed by atoms with Crippen molar-refractivity contribution in [2.75, 3.05) is 0 Å². The number of benzene rings is 1. The molecule has 0 radical (unpaired) electrons. The predicted octanol–water partition coefficient (Wildman–Crippen LogP) is 3.39. The Morgan fingerprint density at radius 1 is 1.15 bits per heavy atom. The van der Waals surface area contributed by atoms with Crippen LogP contribution in [0.25, 0.3) is 0 Å². The van der Waals surface area contributed by atoms with Gasteiger partial charge in [-0.05, 0) is 35.3 Å². The second-order valence-electron chi connectivity index (χ2n) is 2.79. The molecule has 3 heteroatoms. The van der Waals surface area contributed by atoms with E-state index >= 15 is 0 Å². The van der Waals surface area contributed by atoms with Crippen LogP contribution in [0.4, 0.5) is 0 Å². The second kappa shape index (κ2) is 3.90. The highest BCUT2D eigenvalue weighted by molar-refractivity contribution is 7.03. The van der Waals surface area contributed by atoms with Crippen molar-refractivity contribution in [1.82, 2.24) is 4.37 Å². The summed E-state index contributed by atoms with van der Waals surface area (Å²) in [7, 11) is 0. The van der Waals surface area contributed by atoms with Crippen LogP contribution in [0.15, 0.2) is 35.7 Å². The van der Waals surface area contributed by atoms with Gasteiger partial charge in [0.2, 0.25) is 0 Å². The minimum absolute atomic E-state index is 0.780. The zero-order valence-corrected chi connectivity index (χ0v) is 8.48. The van der Waals surface area contributed by atoms with Gasteiger partial charge in [-0.15, -0.1) is 0 Å². The fraction of sp³-hybridized carbons (Fsp3) is 0.100. The highest BCUT2D eigenvalue weighted by atomic mass is 35.5. The molecule has 0 N–H and O–H groups in total. The van der Waals surface area contributed by atoms with Gasteiger partial charge in [0.1, 0.15) is 0 Å². The molecular formula is C10H8ClNS. The van der Waals surface area contributed by atoms with Crippen LogP contribution >= 0.6 is 23.1 Å². The number of nitrogens with zero attached hydrogens (tertiary/aromatic N) is 1. The number of hydrogen-bond donors (Lipinski definition) is 0. The van der Waals surface area contributed by atoms with E-state index in [9.17, 15) is 0 Å².